The van der Waals surface area contributed by atoms with Crippen LogP contribution in [-0.4, -0.2) is 11.7 Å². The number of hydrogen-bond acceptors (Lipinski definition) is 2. The zero-order chi connectivity index (χ0) is 18.8. The quantitative estimate of drug-likeness (QED) is 0.520. The summed E-state index contributed by atoms with van der Waals surface area (Å²) >= 11 is 3.42. The van der Waals surface area contributed by atoms with Crippen LogP contribution in [0.15, 0.2) is 94.0 Å². The molecule has 3 aromatic carbocycles. The molecule has 0 radical (unpaired) electrons. The molecule has 1 aliphatic rings. The number of amidine groups is 1. The lowest BCUT2D eigenvalue weighted by Crippen LogP contribution is -2.32. The van der Waals surface area contributed by atoms with Gasteiger partial charge in [-0.25, -0.2) is 9.38 Å². The number of anilines is 1. The number of rotatable bonds is 3. The fourth-order valence-electron chi connectivity index (χ4n) is 2.87. The van der Waals surface area contributed by atoms with E-state index in [0.29, 0.717) is 17.1 Å². The molecule has 1 aliphatic heterocycles. The van der Waals surface area contributed by atoms with Crippen molar-refractivity contribution in [2.45, 2.75) is 0 Å². The molecule has 0 saturated carbocycles. The van der Waals surface area contributed by atoms with Gasteiger partial charge in [0.15, 0.2) is 0 Å². The SMILES string of the molecule is O=C1/C(=C\c2ccccc2F)N=C(c2ccc(Br)cc2)N1c1ccccc1. The molecule has 1 heterocycles. The van der Waals surface area contributed by atoms with E-state index in [-0.39, 0.29) is 11.6 Å². The van der Waals surface area contributed by atoms with Gasteiger partial charge >= 0.3 is 0 Å². The zero-order valence-electron chi connectivity index (χ0n) is 14.1. The smallest absolute Gasteiger partial charge is 0.266 e. The molecular weight excluding hydrogens is 407 g/mol. The minimum Gasteiger partial charge on any atom is -0.266 e. The van der Waals surface area contributed by atoms with Crippen LogP contribution in [0.1, 0.15) is 11.1 Å². The number of carbonyl (C=O) groups excluding carboxylic acids is 1. The van der Waals surface area contributed by atoms with Crippen LogP contribution in [0.3, 0.4) is 0 Å². The molecule has 0 bridgehead atoms. The van der Waals surface area contributed by atoms with Crippen LogP contribution in [0.5, 0.6) is 0 Å². The Kier molecular flexibility index (Phi) is 4.69. The molecule has 0 unspecified atom stereocenters. The molecule has 0 N–H and O–H groups in total. The third-order valence-corrected chi connectivity index (χ3v) is 4.70. The van der Waals surface area contributed by atoms with Gasteiger partial charge in [-0.1, -0.05) is 64.5 Å². The number of halogens is 2. The highest BCUT2D eigenvalue weighted by Gasteiger charge is 2.32. The summed E-state index contributed by atoms with van der Waals surface area (Å²) in [4.78, 5) is 19.2. The topological polar surface area (TPSA) is 32.7 Å². The number of benzene rings is 3. The summed E-state index contributed by atoms with van der Waals surface area (Å²) in [7, 11) is 0. The Morgan fingerprint density at radius 3 is 2.26 bits per heavy atom. The first kappa shape index (κ1) is 17.4. The van der Waals surface area contributed by atoms with Gasteiger partial charge in [-0.15, -0.1) is 0 Å². The number of amides is 1. The second-order valence-electron chi connectivity index (χ2n) is 5.97. The van der Waals surface area contributed by atoms with Crippen molar-refractivity contribution in [3.05, 3.63) is 106 Å². The van der Waals surface area contributed by atoms with Gasteiger partial charge in [0.05, 0.1) is 5.69 Å². The minimum absolute atomic E-state index is 0.196. The van der Waals surface area contributed by atoms with Crippen LogP contribution in [0.25, 0.3) is 6.08 Å². The van der Waals surface area contributed by atoms with Gasteiger partial charge in [0, 0.05) is 15.6 Å². The second-order valence-corrected chi connectivity index (χ2v) is 6.89. The van der Waals surface area contributed by atoms with Crippen molar-refractivity contribution in [3.8, 4) is 0 Å². The van der Waals surface area contributed by atoms with E-state index in [1.807, 2.05) is 54.6 Å². The summed E-state index contributed by atoms with van der Waals surface area (Å²) in [5.41, 5.74) is 2.03. The maximum absolute atomic E-state index is 14.0. The Morgan fingerprint density at radius 1 is 0.889 bits per heavy atom. The summed E-state index contributed by atoms with van der Waals surface area (Å²) in [5, 5.41) is 0. The molecule has 1 amide bonds. The fraction of sp³-hybridized carbons (Fsp3) is 0. The Labute approximate surface area is 164 Å². The summed E-state index contributed by atoms with van der Waals surface area (Å²) < 4.78 is 15.0. The largest absolute Gasteiger partial charge is 0.282 e. The van der Waals surface area contributed by atoms with Crippen molar-refractivity contribution >= 4 is 39.4 Å². The van der Waals surface area contributed by atoms with Crippen LogP contribution in [0.2, 0.25) is 0 Å². The van der Waals surface area contributed by atoms with Crippen molar-refractivity contribution in [2.75, 3.05) is 4.90 Å². The first-order valence-electron chi connectivity index (χ1n) is 8.34. The van der Waals surface area contributed by atoms with Gasteiger partial charge in [0.1, 0.15) is 17.3 Å². The maximum Gasteiger partial charge on any atom is 0.282 e. The summed E-state index contributed by atoms with van der Waals surface area (Å²) in [5.74, 6) is -0.167. The first-order chi connectivity index (χ1) is 13.1. The van der Waals surface area contributed by atoms with E-state index < -0.39 is 5.82 Å². The Bertz CT molecular complexity index is 1060. The molecule has 0 saturated heterocycles. The standard InChI is InChI=1S/C22H14BrFN2O/c23-17-12-10-15(11-13-17)21-25-20(14-16-6-4-5-9-19(16)24)22(27)26(21)18-7-2-1-3-8-18/h1-14H/b20-14+. The van der Waals surface area contributed by atoms with Crippen molar-refractivity contribution in [3.63, 3.8) is 0 Å². The highest BCUT2D eigenvalue weighted by Crippen LogP contribution is 2.28. The molecule has 0 aromatic heterocycles. The molecule has 4 rings (SSSR count). The van der Waals surface area contributed by atoms with E-state index in [1.165, 1.54) is 12.1 Å². The number of carbonyl (C=O) groups is 1. The average molecular weight is 421 g/mol. The summed E-state index contributed by atoms with van der Waals surface area (Å²) in [6.45, 7) is 0. The van der Waals surface area contributed by atoms with E-state index in [2.05, 4.69) is 20.9 Å². The average Bonchev–Trinajstić information content (AvgIpc) is 3.01. The highest BCUT2D eigenvalue weighted by molar-refractivity contribution is 9.10. The third-order valence-electron chi connectivity index (χ3n) is 4.17. The lowest BCUT2D eigenvalue weighted by Gasteiger charge is -2.18. The van der Waals surface area contributed by atoms with Gasteiger partial charge < -0.3 is 0 Å². The predicted molar refractivity (Wildman–Crippen MR) is 109 cm³/mol. The van der Waals surface area contributed by atoms with Gasteiger partial charge in [0.25, 0.3) is 5.91 Å². The predicted octanol–water partition coefficient (Wildman–Crippen LogP) is 5.42. The van der Waals surface area contributed by atoms with Crippen molar-refractivity contribution in [1.29, 1.82) is 0 Å². The summed E-state index contributed by atoms with van der Waals surface area (Å²) in [6, 6.07) is 23.2. The molecule has 132 valence electrons. The molecule has 3 aromatic rings. The molecule has 0 atom stereocenters. The van der Waals surface area contributed by atoms with E-state index in [9.17, 15) is 9.18 Å². The number of nitrogens with zero attached hydrogens (tertiary/aromatic N) is 2. The monoisotopic (exact) mass is 420 g/mol. The van der Waals surface area contributed by atoms with E-state index in [1.54, 1.807) is 23.1 Å². The van der Waals surface area contributed by atoms with E-state index >= 15 is 0 Å². The van der Waals surface area contributed by atoms with E-state index in [4.69, 9.17) is 0 Å². The Balaban J connectivity index is 1.84. The molecule has 0 fully saturated rings. The molecular formula is C22H14BrFN2O. The van der Waals surface area contributed by atoms with Crippen LogP contribution in [-0.2, 0) is 4.79 Å². The lowest BCUT2D eigenvalue weighted by atomic mass is 10.1. The molecule has 0 aliphatic carbocycles. The van der Waals surface area contributed by atoms with Crippen LogP contribution in [0, 0.1) is 5.82 Å². The van der Waals surface area contributed by atoms with Gasteiger partial charge in [-0.3, -0.25) is 9.69 Å². The minimum atomic E-state index is -0.392. The summed E-state index contributed by atoms with van der Waals surface area (Å²) in [6.07, 6.45) is 1.49. The van der Waals surface area contributed by atoms with Crippen molar-refractivity contribution < 1.29 is 9.18 Å². The third kappa shape index (κ3) is 3.46. The molecule has 3 nitrogen and oxygen atoms in total. The van der Waals surface area contributed by atoms with Crippen LogP contribution >= 0.6 is 15.9 Å². The fourth-order valence-corrected chi connectivity index (χ4v) is 3.13. The van der Waals surface area contributed by atoms with Gasteiger partial charge in [-0.2, -0.15) is 0 Å². The lowest BCUT2D eigenvalue weighted by molar-refractivity contribution is -0.113. The van der Waals surface area contributed by atoms with Crippen molar-refractivity contribution in [1.82, 2.24) is 0 Å². The molecule has 5 heteroatoms. The number of hydrogen-bond donors (Lipinski definition) is 0. The van der Waals surface area contributed by atoms with Crippen molar-refractivity contribution in [2.24, 2.45) is 4.99 Å². The number of para-hydroxylation sites is 1. The Morgan fingerprint density at radius 2 is 1.56 bits per heavy atom. The van der Waals surface area contributed by atoms with Crippen LogP contribution < -0.4 is 4.90 Å². The van der Waals surface area contributed by atoms with Crippen LogP contribution in [0.4, 0.5) is 10.1 Å². The molecule has 27 heavy (non-hydrogen) atoms. The van der Waals surface area contributed by atoms with E-state index in [0.717, 1.165) is 10.0 Å². The van der Waals surface area contributed by atoms with Gasteiger partial charge in [0.2, 0.25) is 0 Å². The number of aliphatic imine (C=N–C) groups is 1. The molecule has 0 spiro atoms. The maximum atomic E-state index is 14.0. The van der Waals surface area contributed by atoms with Gasteiger partial charge in [-0.05, 0) is 36.4 Å². The highest BCUT2D eigenvalue weighted by atomic mass is 79.9. The zero-order valence-corrected chi connectivity index (χ0v) is 15.7. The normalized spacial score (nSPS) is 15.3. The Hall–Kier alpha value is -3.05. The second kappa shape index (κ2) is 7.29. The first-order valence-corrected chi connectivity index (χ1v) is 9.13.